The Kier molecular flexibility index (Phi) is 12.9. The maximum Gasteiger partial charge on any atom is 0.348 e. The number of ether oxygens (including phenoxy) is 6. The van der Waals surface area contributed by atoms with Gasteiger partial charge in [0.25, 0.3) is 0 Å². The minimum absolute atomic E-state index is 0.119. The lowest BCUT2D eigenvalue weighted by atomic mass is 10.1. The van der Waals surface area contributed by atoms with Crippen molar-refractivity contribution in [2.24, 2.45) is 0 Å². The molecular weight excluding hydrogens is 516 g/mol. The molecule has 2 rings (SSSR count). The van der Waals surface area contributed by atoms with E-state index in [2.05, 4.69) is 0 Å². The van der Waals surface area contributed by atoms with Crippen LogP contribution in [-0.4, -0.2) is 52.6 Å². The second-order valence-corrected chi connectivity index (χ2v) is 7.69. The lowest BCUT2D eigenvalue weighted by Gasteiger charge is -2.11. The first kappa shape index (κ1) is 31.0. The fourth-order valence-electron chi connectivity index (χ4n) is 3.22. The molecule has 0 aliphatic carbocycles. The summed E-state index contributed by atoms with van der Waals surface area (Å²) < 4.78 is 32.0. The van der Waals surface area contributed by atoms with Gasteiger partial charge in [-0.25, -0.2) is 9.59 Å². The highest BCUT2D eigenvalue weighted by Gasteiger charge is 2.12. The minimum Gasteiger partial charge on any atom is -0.493 e. The van der Waals surface area contributed by atoms with E-state index in [1.54, 1.807) is 62.4 Å². The summed E-state index contributed by atoms with van der Waals surface area (Å²) in [5.41, 5.74) is 0.926. The second kappa shape index (κ2) is 16.6. The van der Waals surface area contributed by atoms with Crippen molar-refractivity contribution in [2.75, 3.05) is 40.6 Å². The first-order valence-electron chi connectivity index (χ1n) is 12.2. The van der Waals surface area contributed by atoms with Crippen LogP contribution >= 0.6 is 0 Å². The predicted octanol–water partition coefficient (Wildman–Crippen LogP) is 4.66. The molecule has 0 saturated heterocycles. The zero-order chi connectivity index (χ0) is 29.3. The van der Waals surface area contributed by atoms with Gasteiger partial charge < -0.3 is 28.4 Å². The van der Waals surface area contributed by atoms with Gasteiger partial charge in [0.2, 0.25) is 0 Å². The highest BCUT2D eigenvalue weighted by molar-refractivity contribution is 5.98. The monoisotopic (exact) mass is 546 g/mol. The van der Waals surface area contributed by atoms with E-state index in [0.29, 0.717) is 34.1 Å². The molecule has 0 fully saturated rings. The number of nitrogens with zero attached hydrogens (tertiary/aromatic N) is 2. The van der Waals surface area contributed by atoms with Crippen LogP contribution in [0.3, 0.4) is 0 Å². The first-order valence-corrected chi connectivity index (χ1v) is 12.2. The Morgan fingerprint density at radius 3 is 1.43 bits per heavy atom. The summed E-state index contributed by atoms with van der Waals surface area (Å²) in [6.45, 7) is 4.14. The van der Waals surface area contributed by atoms with E-state index < -0.39 is 11.9 Å². The van der Waals surface area contributed by atoms with E-state index in [4.69, 9.17) is 28.4 Å². The quantitative estimate of drug-likeness (QED) is 0.142. The molecule has 0 atom stereocenters. The molecule has 0 heterocycles. The van der Waals surface area contributed by atoms with Gasteiger partial charge in [0.1, 0.15) is 36.5 Å². The van der Waals surface area contributed by atoms with Gasteiger partial charge in [-0.2, -0.15) is 10.5 Å². The van der Waals surface area contributed by atoms with Crippen molar-refractivity contribution in [3.05, 3.63) is 70.8 Å². The van der Waals surface area contributed by atoms with E-state index >= 15 is 0 Å². The maximum absolute atomic E-state index is 11.8. The van der Waals surface area contributed by atoms with Crippen molar-refractivity contribution >= 4 is 24.1 Å². The molecule has 0 aliphatic heterocycles. The summed E-state index contributed by atoms with van der Waals surface area (Å²) in [7, 11) is 2.98. The van der Waals surface area contributed by atoms with E-state index in [0.717, 1.165) is 0 Å². The van der Waals surface area contributed by atoms with Crippen LogP contribution in [0.2, 0.25) is 0 Å². The third-order valence-corrected chi connectivity index (χ3v) is 5.07. The lowest BCUT2D eigenvalue weighted by Crippen LogP contribution is -2.06. The van der Waals surface area contributed by atoms with Crippen LogP contribution in [0.15, 0.2) is 59.7 Å². The molecule has 2 aromatic rings. The summed E-state index contributed by atoms with van der Waals surface area (Å²) in [5.74, 6) is 0.435. The zero-order valence-electron chi connectivity index (χ0n) is 22.8. The van der Waals surface area contributed by atoms with Crippen LogP contribution in [0.25, 0.3) is 12.2 Å². The molecule has 10 nitrogen and oxygen atoms in total. The first-order chi connectivity index (χ1) is 19.4. The average Bonchev–Trinajstić information content (AvgIpc) is 2.97. The lowest BCUT2D eigenvalue weighted by molar-refractivity contribution is -0.138. The van der Waals surface area contributed by atoms with Crippen LogP contribution in [-0.2, 0) is 19.1 Å². The molecule has 0 unspecified atom stereocenters. The number of hydrogen-bond acceptors (Lipinski definition) is 10. The molecule has 0 amide bonds. The second-order valence-electron chi connectivity index (χ2n) is 7.69. The third-order valence-electron chi connectivity index (χ3n) is 5.07. The average molecular weight is 547 g/mol. The van der Waals surface area contributed by atoms with Crippen molar-refractivity contribution in [2.45, 2.75) is 13.8 Å². The Labute approximate surface area is 233 Å². The van der Waals surface area contributed by atoms with Crippen LogP contribution in [0, 0.1) is 22.7 Å². The van der Waals surface area contributed by atoms with Gasteiger partial charge in [-0.15, -0.1) is 0 Å². The molecular formula is C30H30N2O8. The normalized spacial score (nSPS) is 11.2. The van der Waals surface area contributed by atoms with Crippen LogP contribution < -0.4 is 18.9 Å². The summed E-state index contributed by atoms with van der Waals surface area (Å²) in [4.78, 5) is 23.7. The van der Waals surface area contributed by atoms with Crippen LogP contribution in [0.5, 0.6) is 23.0 Å². The summed E-state index contributed by atoms with van der Waals surface area (Å²) >= 11 is 0. The molecule has 0 N–H and O–H groups in total. The van der Waals surface area contributed by atoms with Gasteiger partial charge in [0, 0.05) is 0 Å². The number of carbonyl (C=O) groups is 2. The number of nitriles is 2. The Morgan fingerprint density at radius 1 is 0.700 bits per heavy atom. The maximum atomic E-state index is 11.8. The van der Waals surface area contributed by atoms with Crippen LogP contribution in [0.4, 0.5) is 0 Å². The van der Waals surface area contributed by atoms with Gasteiger partial charge in [0.05, 0.1) is 27.4 Å². The molecule has 0 spiro atoms. The molecule has 0 aliphatic rings. The fourth-order valence-corrected chi connectivity index (χ4v) is 3.22. The van der Waals surface area contributed by atoms with Crippen molar-refractivity contribution in [3.8, 4) is 35.1 Å². The fraction of sp³-hybridized carbons (Fsp3) is 0.267. The van der Waals surface area contributed by atoms with E-state index in [-0.39, 0.29) is 37.6 Å². The van der Waals surface area contributed by atoms with Crippen molar-refractivity contribution < 1.29 is 38.0 Å². The number of esters is 2. The van der Waals surface area contributed by atoms with Gasteiger partial charge in [-0.1, -0.05) is 12.1 Å². The van der Waals surface area contributed by atoms with Crippen molar-refractivity contribution in [3.63, 3.8) is 0 Å². The number of carbonyl (C=O) groups excluding carboxylic acids is 2. The zero-order valence-corrected chi connectivity index (χ0v) is 22.8. The van der Waals surface area contributed by atoms with Gasteiger partial charge >= 0.3 is 11.9 Å². The topological polar surface area (TPSA) is 137 Å². The molecule has 40 heavy (non-hydrogen) atoms. The van der Waals surface area contributed by atoms with E-state index in [1.165, 1.54) is 26.4 Å². The number of methoxy groups -OCH3 is 2. The Balaban J connectivity index is 1.98. The van der Waals surface area contributed by atoms with Gasteiger partial charge in [-0.05, 0) is 73.5 Å². The molecule has 2 aromatic carbocycles. The van der Waals surface area contributed by atoms with E-state index in [1.807, 2.05) is 12.1 Å². The van der Waals surface area contributed by atoms with Gasteiger partial charge in [-0.3, -0.25) is 0 Å². The van der Waals surface area contributed by atoms with E-state index in [9.17, 15) is 20.1 Å². The standard InChI is InChI=1S/C30H30N2O8/c1-5-37-29(33)23(19-31)15-21-9-11-25(27(17-21)35-3)39-13-7-8-14-40-26-12-10-22(18-28(26)36-4)16-24(20-32)30(34)38-6-2/h7-12,15-18H,5-6,13-14H2,1-4H3. The molecule has 10 heteroatoms. The largest absolute Gasteiger partial charge is 0.493 e. The number of hydrogen-bond donors (Lipinski definition) is 0. The molecule has 208 valence electrons. The van der Waals surface area contributed by atoms with Crippen LogP contribution in [0.1, 0.15) is 25.0 Å². The highest BCUT2D eigenvalue weighted by Crippen LogP contribution is 2.30. The number of benzene rings is 2. The third kappa shape index (κ3) is 9.26. The number of rotatable bonds is 14. The summed E-state index contributed by atoms with van der Waals surface area (Å²) in [5, 5.41) is 18.4. The Hall–Kier alpha value is -5.22. The molecule has 0 saturated carbocycles. The molecule has 0 aromatic heterocycles. The summed E-state index contributed by atoms with van der Waals surface area (Å²) in [6, 6.07) is 13.7. The van der Waals surface area contributed by atoms with Gasteiger partial charge in [0.15, 0.2) is 23.0 Å². The smallest absolute Gasteiger partial charge is 0.348 e. The Morgan fingerprint density at radius 2 is 1.10 bits per heavy atom. The molecule has 0 radical (unpaired) electrons. The Bertz CT molecular complexity index is 1260. The summed E-state index contributed by atoms with van der Waals surface area (Å²) in [6.07, 6.45) is 6.37. The highest BCUT2D eigenvalue weighted by atomic mass is 16.5. The molecule has 0 bridgehead atoms. The van der Waals surface area contributed by atoms with Crippen molar-refractivity contribution in [1.29, 1.82) is 10.5 Å². The minimum atomic E-state index is -0.691. The SMILES string of the molecule is CCOC(=O)C(C#N)=Cc1ccc(OCC=CCOc2ccc(C=C(C#N)C(=O)OCC)cc2OC)c(OC)c1. The predicted molar refractivity (Wildman–Crippen MR) is 147 cm³/mol. The van der Waals surface area contributed by atoms with Crippen molar-refractivity contribution in [1.82, 2.24) is 0 Å².